The predicted molar refractivity (Wildman–Crippen MR) is 161 cm³/mol. The summed E-state index contributed by atoms with van der Waals surface area (Å²) in [6.45, 7) is 7.41. The number of para-hydroxylation sites is 1. The fraction of sp³-hybridized carbons (Fsp3) is 0.231. The van der Waals surface area contributed by atoms with E-state index in [1.54, 1.807) is 38.1 Å². The minimum absolute atomic E-state index is 0.229. The number of carbonyl (C=O) groups excluding carboxylic acids is 2. The maximum Gasteiger partial charge on any atom is 0.338 e. The van der Waals surface area contributed by atoms with E-state index < -0.39 is 17.9 Å². The number of nitrogens with one attached hydrogen (secondary N) is 3. The van der Waals surface area contributed by atoms with Gasteiger partial charge < -0.3 is 24.8 Å². The molecule has 0 bridgehead atoms. The van der Waals surface area contributed by atoms with Crippen LogP contribution in [0.5, 0.6) is 11.5 Å². The first-order valence-corrected chi connectivity index (χ1v) is 13.7. The molecular formula is C26H26BrIN4O5S. The molecule has 2 aromatic rings. The van der Waals surface area contributed by atoms with Crippen LogP contribution >= 0.6 is 50.7 Å². The zero-order valence-corrected chi connectivity index (χ0v) is 25.2. The first kappa shape index (κ1) is 29.6. The third kappa shape index (κ3) is 7.77. The molecule has 0 aliphatic carbocycles. The van der Waals surface area contributed by atoms with Crippen LogP contribution in [0.4, 0.5) is 0 Å². The molecule has 2 aromatic carbocycles. The Hall–Kier alpha value is -2.97. The van der Waals surface area contributed by atoms with Gasteiger partial charge in [-0.1, -0.05) is 46.8 Å². The van der Waals surface area contributed by atoms with Crippen molar-refractivity contribution in [3.05, 3.63) is 79.5 Å². The SMILES string of the molecule is C=CCOc1c(I)cc(Br)cc1C=NNC(=O)COc1ccccc1[C@@H]1NC(=S)NC(C)=C1C(=O)OCC. The molecule has 0 fully saturated rings. The first-order valence-electron chi connectivity index (χ1n) is 11.5. The second-order valence-corrected chi connectivity index (χ2v) is 10.3. The molecular weight excluding hydrogens is 687 g/mol. The van der Waals surface area contributed by atoms with Gasteiger partial charge >= 0.3 is 5.97 Å². The van der Waals surface area contributed by atoms with Gasteiger partial charge in [-0.25, -0.2) is 10.2 Å². The lowest BCUT2D eigenvalue weighted by Crippen LogP contribution is -2.45. The molecule has 1 heterocycles. The highest BCUT2D eigenvalue weighted by Gasteiger charge is 2.32. The van der Waals surface area contributed by atoms with E-state index in [9.17, 15) is 9.59 Å². The third-order valence-electron chi connectivity index (χ3n) is 5.13. The normalized spacial score (nSPS) is 14.9. The molecule has 0 unspecified atom stereocenters. The van der Waals surface area contributed by atoms with Crippen molar-refractivity contribution in [3.8, 4) is 11.5 Å². The van der Waals surface area contributed by atoms with Crippen LogP contribution in [0.2, 0.25) is 0 Å². The fourth-order valence-electron chi connectivity index (χ4n) is 3.58. The number of hydrazone groups is 1. The molecule has 0 saturated heterocycles. The van der Waals surface area contributed by atoms with Gasteiger partial charge in [0.1, 0.15) is 18.1 Å². The number of ether oxygens (including phenoxy) is 3. The monoisotopic (exact) mass is 712 g/mol. The van der Waals surface area contributed by atoms with Crippen LogP contribution in [0.25, 0.3) is 0 Å². The standard InChI is InChI=1S/C26H26BrIN4O5S/c1-4-10-36-24-16(11-17(27)12-19(24)28)13-29-32-21(33)14-37-20-9-7-6-8-18(20)23-22(25(34)35-5-2)15(3)30-26(38)31-23/h4,6-9,11-13,23H,1,5,10,14H2,2-3H3,(H,32,33)(H2,30,31,38)/t23-/m0/s1. The van der Waals surface area contributed by atoms with E-state index in [2.05, 4.69) is 66.3 Å². The topological polar surface area (TPSA) is 110 Å². The second-order valence-electron chi connectivity index (χ2n) is 7.82. The van der Waals surface area contributed by atoms with Crippen LogP contribution in [0, 0.1) is 3.57 Å². The van der Waals surface area contributed by atoms with Gasteiger partial charge in [0.05, 0.1) is 28.0 Å². The number of amides is 1. The van der Waals surface area contributed by atoms with E-state index in [4.69, 9.17) is 26.4 Å². The largest absolute Gasteiger partial charge is 0.488 e. The van der Waals surface area contributed by atoms with Crippen LogP contribution in [-0.2, 0) is 14.3 Å². The summed E-state index contributed by atoms with van der Waals surface area (Å²) < 4.78 is 18.5. The van der Waals surface area contributed by atoms with E-state index in [0.29, 0.717) is 45.6 Å². The maximum atomic E-state index is 12.7. The van der Waals surface area contributed by atoms with Gasteiger partial charge in [-0.15, -0.1) is 0 Å². The van der Waals surface area contributed by atoms with Gasteiger partial charge in [0, 0.05) is 21.3 Å². The summed E-state index contributed by atoms with van der Waals surface area (Å²) in [5.41, 5.74) is 4.73. The summed E-state index contributed by atoms with van der Waals surface area (Å²) in [5.74, 6) is 0.0913. The highest BCUT2D eigenvalue weighted by Crippen LogP contribution is 2.33. The van der Waals surface area contributed by atoms with Crippen LogP contribution in [-0.4, -0.2) is 43.0 Å². The number of esters is 1. The molecule has 0 spiro atoms. The number of thiocarbonyl (C=S) groups is 1. The van der Waals surface area contributed by atoms with Gasteiger partial charge in [-0.05, 0) is 66.9 Å². The minimum Gasteiger partial charge on any atom is -0.488 e. The molecule has 0 aromatic heterocycles. The van der Waals surface area contributed by atoms with Crippen molar-refractivity contribution in [3.63, 3.8) is 0 Å². The van der Waals surface area contributed by atoms with Gasteiger partial charge in [0.25, 0.3) is 5.91 Å². The molecule has 1 aliphatic heterocycles. The van der Waals surface area contributed by atoms with Gasteiger partial charge in [0.2, 0.25) is 0 Å². The van der Waals surface area contributed by atoms with Crippen molar-refractivity contribution >= 4 is 73.9 Å². The van der Waals surface area contributed by atoms with Crippen molar-refractivity contribution in [2.45, 2.75) is 19.9 Å². The van der Waals surface area contributed by atoms with Crippen molar-refractivity contribution in [1.82, 2.24) is 16.1 Å². The number of halogens is 2. The molecule has 12 heteroatoms. The van der Waals surface area contributed by atoms with Crippen LogP contribution in [0.15, 0.2) is 69.9 Å². The average molecular weight is 713 g/mol. The third-order valence-corrected chi connectivity index (χ3v) is 6.61. The maximum absolute atomic E-state index is 12.7. The summed E-state index contributed by atoms with van der Waals surface area (Å²) in [4.78, 5) is 25.2. The van der Waals surface area contributed by atoms with E-state index >= 15 is 0 Å². The van der Waals surface area contributed by atoms with E-state index in [1.165, 1.54) is 6.21 Å². The lowest BCUT2D eigenvalue weighted by atomic mass is 9.95. The fourth-order valence-corrected chi connectivity index (χ4v) is 5.55. The predicted octanol–water partition coefficient (Wildman–Crippen LogP) is 4.50. The Balaban J connectivity index is 1.72. The quantitative estimate of drug-likeness (QED) is 0.0781. The lowest BCUT2D eigenvalue weighted by Gasteiger charge is -2.30. The highest BCUT2D eigenvalue weighted by molar-refractivity contribution is 14.1. The molecule has 9 nitrogen and oxygen atoms in total. The molecule has 0 saturated carbocycles. The molecule has 1 aliphatic rings. The summed E-state index contributed by atoms with van der Waals surface area (Å²) in [6, 6.07) is 10.2. The Bertz CT molecular complexity index is 1300. The van der Waals surface area contributed by atoms with Crippen molar-refractivity contribution < 1.29 is 23.8 Å². The Morgan fingerprint density at radius 1 is 1.29 bits per heavy atom. The zero-order chi connectivity index (χ0) is 27.7. The number of nitrogens with zero attached hydrogens (tertiary/aromatic N) is 1. The zero-order valence-electron chi connectivity index (χ0n) is 20.7. The van der Waals surface area contributed by atoms with E-state index in [-0.39, 0.29) is 13.2 Å². The number of rotatable bonds is 11. The Morgan fingerprint density at radius 2 is 2.05 bits per heavy atom. The number of hydrogen-bond donors (Lipinski definition) is 3. The Morgan fingerprint density at radius 3 is 2.79 bits per heavy atom. The minimum atomic E-state index is -0.618. The molecule has 0 radical (unpaired) electrons. The molecule has 38 heavy (non-hydrogen) atoms. The molecule has 3 N–H and O–H groups in total. The summed E-state index contributed by atoms with van der Waals surface area (Å²) in [7, 11) is 0. The van der Waals surface area contributed by atoms with Crippen LogP contribution < -0.4 is 25.5 Å². The van der Waals surface area contributed by atoms with Crippen LogP contribution in [0.1, 0.15) is 31.0 Å². The molecule has 3 rings (SSSR count). The molecule has 200 valence electrons. The number of hydrogen-bond acceptors (Lipinski definition) is 7. The van der Waals surface area contributed by atoms with E-state index in [0.717, 1.165) is 8.04 Å². The highest BCUT2D eigenvalue weighted by atomic mass is 127. The van der Waals surface area contributed by atoms with Gasteiger partial charge in [-0.2, -0.15) is 5.10 Å². The van der Waals surface area contributed by atoms with Crippen molar-refractivity contribution in [2.24, 2.45) is 5.10 Å². The molecule has 1 amide bonds. The molecule has 1 atom stereocenters. The Kier molecular flexibility index (Phi) is 11.1. The summed E-state index contributed by atoms with van der Waals surface area (Å²) >= 11 is 10.9. The van der Waals surface area contributed by atoms with Crippen LogP contribution in [0.3, 0.4) is 0 Å². The second kappa shape index (κ2) is 14.3. The number of allylic oxidation sites excluding steroid dienone is 1. The number of benzene rings is 2. The van der Waals surface area contributed by atoms with Gasteiger partial charge in [-0.3, -0.25) is 4.79 Å². The van der Waals surface area contributed by atoms with E-state index in [1.807, 2.05) is 18.2 Å². The summed E-state index contributed by atoms with van der Waals surface area (Å²) in [6.07, 6.45) is 3.14. The first-order chi connectivity index (χ1) is 18.2. The van der Waals surface area contributed by atoms with Crippen molar-refractivity contribution in [1.29, 1.82) is 0 Å². The average Bonchev–Trinajstić information content (AvgIpc) is 2.86. The summed E-state index contributed by atoms with van der Waals surface area (Å²) in [5, 5.41) is 10.5. The Labute approximate surface area is 248 Å². The van der Waals surface area contributed by atoms with Gasteiger partial charge in [0.15, 0.2) is 11.7 Å². The van der Waals surface area contributed by atoms with Crippen molar-refractivity contribution in [2.75, 3.05) is 19.8 Å². The number of carbonyl (C=O) groups is 2. The lowest BCUT2D eigenvalue weighted by molar-refractivity contribution is -0.139. The smallest absolute Gasteiger partial charge is 0.338 e.